The summed E-state index contributed by atoms with van der Waals surface area (Å²) in [6.45, 7) is 6.42. The van der Waals surface area contributed by atoms with Crippen LogP contribution < -0.4 is 5.32 Å². The Kier molecular flexibility index (Phi) is 18.0. The van der Waals surface area contributed by atoms with Gasteiger partial charge in [-0.3, -0.25) is 14.4 Å². The number of benzene rings is 2. The fraction of sp³-hybridized carbons (Fsp3) is 0.393. The van der Waals surface area contributed by atoms with Crippen molar-refractivity contribution in [2.45, 2.75) is 42.3 Å². The smallest absolute Gasteiger partial charge is 0.316 e. The SMILES string of the molecule is CC(C)C(CSc1nc2ccccc2s1)C(=O)O.CCCCNC(=O)C(CSc1nc2ccccc2s1)C(=O)O.[Co].[Zn]. The van der Waals surface area contributed by atoms with E-state index >= 15 is 0 Å². The van der Waals surface area contributed by atoms with Gasteiger partial charge in [0.05, 0.1) is 26.4 Å². The van der Waals surface area contributed by atoms with E-state index in [4.69, 9.17) is 5.11 Å². The number of para-hydroxylation sites is 2. The molecule has 2 heterocycles. The molecule has 0 saturated carbocycles. The Bertz CT molecular complexity index is 1370. The Morgan fingerprint density at radius 3 is 1.79 bits per heavy atom. The maximum atomic E-state index is 11.9. The van der Waals surface area contributed by atoms with E-state index in [1.54, 1.807) is 11.3 Å². The van der Waals surface area contributed by atoms with E-state index in [1.165, 1.54) is 34.9 Å². The van der Waals surface area contributed by atoms with Crippen molar-refractivity contribution in [1.82, 2.24) is 15.3 Å². The van der Waals surface area contributed by atoms with Gasteiger partial charge in [0, 0.05) is 54.3 Å². The number of unbranched alkanes of at least 4 members (excludes halogenated alkanes) is 1. The van der Waals surface area contributed by atoms with Gasteiger partial charge in [-0.1, -0.05) is 75.0 Å². The summed E-state index contributed by atoms with van der Waals surface area (Å²) in [6.07, 6.45) is 1.81. The first kappa shape index (κ1) is 38.5. The molecule has 0 spiro atoms. The third-order valence-electron chi connectivity index (χ3n) is 5.87. The van der Waals surface area contributed by atoms with Crippen molar-refractivity contribution >= 4 is 84.5 Å². The van der Waals surface area contributed by atoms with Gasteiger partial charge in [-0.05, 0) is 36.6 Å². The van der Waals surface area contributed by atoms with Crippen LogP contribution in [0.2, 0.25) is 0 Å². The van der Waals surface area contributed by atoms with Crippen LogP contribution in [0.3, 0.4) is 0 Å². The van der Waals surface area contributed by atoms with Gasteiger partial charge in [0.2, 0.25) is 5.91 Å². The van der Waals surface area contributed by atoms with Gasteiger partial charge in [-0.2, -0.15) is 0 Å². The molecule has 3 N–H and O–H groups in total. The van der Waals surface area contributed by atoms with Crippen LogP contribution in [-0.2, 0) is 50.6 Å². The van der Waals surface area contributed by atoms with E-state index in [1.807, 2.05) is 69.3 Å². The zero-order chi connectivity index (χ0) is 29.1. The molecule has 0 aliphatic heterocycles. The number of rotatable bonds is 13. The number of thiazole rings is 2. The number of carbonyl (C=O) groups is 3. The number of carboxylic acid groups (broad SMARTS) is 2. The first-order valence-electron chi connectivity index (χ1n) is 12.9. The maximum Gasteiger partial charge on any atom is 0.316 e. The summed E-state index contributed by atoms with van der Waals surface area (Å²) >= 11 is 5.99. The number of aliphatic carboxylic acids is 2. The molecule has 0 bridgehead atoms. The van der Waals surface area contributed by atoms with Crippen molar-refractivity contribution in [2.75, 3.05) is 18.1 Å². The van der Waals surface area contributed by atoms with E-state index in [-0.39, 0.29) is 53.8 Å². The zero-order valence-corrected chi connectivity index (χ0v) is 30.8. The number of fused-ring (bicyclic) bond motifs is 2. The van der Waals surface area contributed by atoms with Crippen LogP contribution in [0.5, 0.6) is 0 Å². The third kappa shape index (κ3) is 11.9. The summed E-state index contributed by atoms with van der Waals surface area (Å²) < 4.78 is 3.94. The maximum absolute atomic E-state index is 11.9. The Morgan fingerprint density at radius 1 is 0.857 bits per heavy atom. The second-order valence-corrected chi connectivity index (χ2v) is 13.8. The van der Waals surface area contributed by atoms with Crippen LogP contribution >= 0.6 is 46.2 Å². The molecule has 0 saturated heterocycles. The van der Waals surface area contributed by atoms with Crippen molar-refractivity contribution < 1.29 is 60.9 Å². The van der Waals surface area contributed by atoms with Crippen LogP contribution in [0.15, 0.2) is 57.2 Å². The van der Waals surface area contributed by atoms with Crippen LogP contribution in [0, 0.1) is 17.8 Å². The molecule has 42 heavy (non-hydrogen) atoms. The average Bonchev–Trinajstić information content (AvgIpc) is 3.52. The van der Waals surface area contributed by atoms with Gasteiger partial charge in [0.1, 0.15) is 5.92 Å². The van der Waals surface area contributed by atoms with Gasteiger partial charge < -0.3 is 15.5 Å². The molecule has 0 fully saturated rings. The Balaban J connectivity index is 0.000000408. The van der Waals surface area contributed by atoms with Gasteiger partial charge in [0.25, 0.3) is 0 Å². The number of amides is 1. The van der Waals surface area contributed by atoms with Crippen molar-refractivity contribution in [3.8, 4) is 0 Å². The molecule has 2 aromatic carbocycles. The number of carbonyl (C=O) groups excluding carboxylic acids is 1. The Labute approximate surface area is 285 Å². The third-order valence-corrected chi connectivity index (χ3v) is 10.4. The number of thioether (sulfide) groups is 2. The molecule has 1 amide bonds. The van der Waals surface area contributed by atoms with Crippen LogP contribution in [-0.4, -0.2) is 56.1 Å². The molecule has 0 aliphatic rings. The van der Waals surface area contributed by atoms with Gasteiger partial charge in [-0.25, -0.2) is 9.97 Å². The van der Waals surface area contributed by atoms with Crippen LogP contribution in [0.25, 0.3) is 20.4 Å². The standard InChI is InChI=1S/C15H18N2O3S2.C13H15NO2S2.Co.Zn/c1-2-3-8-16-13(18)10(14(19)20)9-21-15-17-11-6-4-5-7-12(11)22-15;1-8(2)9(12(15)16)7-17-13-14-10-5-3-4-6-11(10)18-13;;/h4-7,10H,2-3,8-9H2,1H3,(H,16,18)(H,19,20);3-6,8-9H,7H2,1-2H3,(H,15,16);;. The Morgan fingerprint density at radius 2 is 1.36 bits per heavy atom. The van der Waals surface area contributed by atoms with Gasteiger partial charge in [0.15, 0.2) is 8.68 Å². The fourth-order valence-corrected chi connectivity index (χ4v) is 8.05. The summed E-state index contributed by atoms with van der Waals surface area (Å²) in [5.74, 6) is -2.70. The molecule has 1 radical (unpaired) electrons. The van der Waals surface area contributed by atoms with Gasteiger partial charge in [-0.15, -0.1) is 22.7 Å². The average molecular weight is 744 g/mol. The second kappa shape index (κ2) is 19.7. The number of nitrogens with one attached hydrogen (secondary N) is 1. The van der Waals surface area contributed by atoms with E-state index in [0.29, 0.717) is 12.3 Å². The number of nitrogens with zero attached hydrogens (tertiary/aromatic N) is 2. The van der Waals surface area contributed by atoms with E-state index < -0.39 is 23.8 Å². The molecule has 14 heteroatoms. The normalized spacial score (nSPS) is 12.0. The molecule has 2 aromatic heterocycles. The Hall–Kier alpha value is -1.54. The largest absolute Gasteiger partial charge is 0.481 e. The zero-order valence-electron chi connectivity index (χ0n) is 23.6. The number of hydrogen-bond acceptors (Lipinski definition) is 9. The monoisotopic (exact) mass is 742 g/mol. The molecule has 4 rings (SSSR count). The topological polar surface area (TPSA) is 129 Å². The quantitative estimate of drug-likeness (QED) is 0.0590. The van der Waals surface area contributed by atoms with Crippen molar-refractivity contribution in [2.24, 2.45) is 17.8 Å². The second-order valence-electron chi connectivity index (χ2n) is 9.24. The minimum Gasteiger partial charge on any atom is -0.481 e. The molecule has 2 unspecified atom stereocenters. The van der Waals surface area contributed by atoms with Crippen LogP contribution in [0.4, 0.5) is 0 Å². The van der Waals surface area contributed by atoms with Crippen molar-refractivity contribution in [3.05, 3.63) is 48.5 Å². The molecular weight excluding hydrogens is 711 g/mol. The van der Waals surface area contributed by atoms with E-state index in [0.717, 1.165) is 42.0 Å². The van der Waals surface area contributed by atoms with Crippen molar-refractivity contribution in [3.63, 3.8) is 0 Å². The number of carboxylic acids is 2. The summed E-state index contributed by atoms with van der Waals surface area (Å²) in [4.78, 5) is 43.2. The minimum atomic E-state index is -1.09. The number of aromatic nitrogens is 2. The molecule has 4 aromatic rings. The minimum absolute atomic E-state index is 0. The molecule has 225 valence electrons. The molecule has 8 nitrogen and oxygen atoms in total. The molecule has 2 atom stereocenters. The summed E-state index contributed by atoms with van der Waals surface area (Å²) in [6, 6.07) is 15.7. The fourth-order valence-electron chi connectivity index (χ4n) is 3.46. The predicted octanol–water partition coefficient (Wildman–Crippen LogP) is 6.75. The van der Waals surface area contributed by atoms with Gasteiger partial charge >= 0.3 is 11.9 Å². The molecular formula is C28H33CoN3O5S4Zn. The molecule has 0 aliphatic carbocycles. The first-order valence-corrected chi connectivity index (χ1v) is 16.5. The first-order chi connectivity index (χ1) is 19.2. The van der Waals surface area contributed by atoms with E-state index in [2.05, 4.69) is 15.3 Å². The summed E-state index contributed by atoms with van der Waals surface area (Å²) in [5, 5.41) is 21.0. The summed E-state index contributed by atoms with van der Waals surface area (Å²) in [7, 11) is 0. The van der Waals surface area contributed by atoms with Crippen LogP contribution in [0.1, 0.15) is 33.6 Å². The predicted molar refractivity (Wildman–Crippen MR) is 166 cm³/mol. The summed E-state index contributed by atoms with van der Waals surface area (Å²) in [5.41, 5.74) is 1.88. The number of hydrogen-bond donors (Lipinski definition) is 3. The van der Waals surface area contributed by atoms with E-state index in [9.17, 15) is 19.5 Å². The van der Waals surface area contributed by atoms with Crippen molar-refractivity contribution in [1.29, 1.82) is 0 Å².